The lowest BCUT2D eigenvalue weighted by molar-refractivity contribution is 0.404. The van der Waals surface area contributed by atoms with Gasteiger partial charge in [0.2, 0.25) is 5.13 Å². The van der Waals surface area contributed by atoms with Gasteiger partial charge in [-0.3, -0.25) is 0 Å². The van der Waals surface area contributed by atoms with E-state index in [0.29, 0.717) is 10.6 Å². The number of nitrogens with zero attached hydrogens (tertiary/aromatic N) is 3. The Balaban J connectivity index is 1.84. The zero-order chi connectivity index (χ0) is 16.4. The number of phenolic OH excluding ortho intramolecular Hbond substituents is 2. The van der Waals surface area contributed by atoms with Gasteiger partial charge in [0, 0.05) is 23.4 Å². The Kier molecular flexibility index (Phi) is 3.98. The number of halogens is 2. The molecule has 0 spiro atoms. The third-order valence-electron chi connectivity index (χ3n) is 2.91. The summed E-state index contributed by atoms with van der Waals surface area (Å²) in [5.41, 5.74) is 0.692. The molecule has 0 saturated heterocycles. The normalized spacial score (nSPS) is 11.2. The van der Waals surface area contributed by atoms with E-state index in [1.54, 1.807) is 6.07 Å². The maximum atomic E-state index is 13.5. The maximum absolute atomic E-state index is 13.5. The molecule has 0 aliphatic carbocycles. The Bertz CT molecular complexity index is 896. The number of aliphatic imine (C=N–C) groups is 1. The van der Waals surface area contributed by atoms with E-state index in [-0.39, 0.29) is 22.2 Å². The van der Waals surface area contributed by atoms with Crippen molar-refractivity contribution >= 4 is 22.7 Å². The summed E-state index contributed by atoms with van der Waals surface area (Å²) in [6.07, 6.45) is 1.23. The first-order valence-corrected chi connectivity index (χ1v) is 7.19. The van der Waals surface area contributed by atoms with Crippen molar-refractivity contribution in [2.45, 2.75) is 0 Å². The predicted molar refractivity (Wildman–Crippen MR) is 82.3 cm³/mol. The topological polar surface area (TPSA) is 78.6 Å². The molecule has 0 bridgehead atoms. The molecule has 3 rings (SSSR count). The molecule has 0 radical (unpaired) electrons. The highest BCUT2D eigenvalue weighted by Crippen LogP contribution is 2.33. The van der Waals surface area contributed by atoms with E-state index in [2.05, 4.69) is 15.2 Å². The average Bonchev–Trinajstić information content (AvgIpc) is 2.98. The summed E-state index contributed by atoms with van der Waals surface area (Å²) in [5.74, 6) is -1.88. The Morgan fingerprint density at radius 3 is 2.57 bits per heavy atom. The van der Waals surface area contributed by atoms with Crippen molar-refractivity contribution in [3.8, 4) is 22.1 Å². The van der Waals surface area contributed by atoms with Crippen LogP contribution < -0.4 is 0 Å². The standard InChI is InChI=1S/C15H9F2N3O2S/c16-10-3-1-9(11(17)6-10)7-18-15-20-19-14(23-15)8-2-4-12(21)13(22)5-8/h1-7,21-22H. The molecule has 0 atom stereocenters. The predicted octanol–water partition coefficient (Wildman–Crippen LogP) is 3.65. The molecule has 116 valence electrons. The largest absolute Gasteiger partial charge is 0.504 e. The molecule has 3 aromatic rings. The number of aromatic nitrogens is 2. The first kappa shape index (κ1) is 15.0. The summed E-state index contributed by atoms with van der Waals surface area (Å²) in [6, 6.07) is 7.43. The van der Waals surface area contributed by atoms with E-state index in [1.165, 1.54) is 24.4 Å². The van der Waals surface area contributed by atoms with Gasteiger partial charge in [0.1, 0.15) is 16.6 Å². The zero-order valence-corrected chi connectivity index (χ0v) is 12.3. The highest BCUT2D eigenvalue weighted by atomic mass is 32.1. The van der Waals surface area contributed by atoms with Crippen LogP contribution in [0.1, 0.15) is 5.56 Å². The monoisotopic (exact) mass is 333 g/mol. The molecular weight excluding hydrogens is 324 g/mol. The molecule has 0 aliphatic heterocycles. The molecule has 0 aliphatic rings. The van der Waals surface area contributed by atoms with Crippen molar-refractivity contribution in [3.63, 3.8) is 0 Å². The average molecular weight is 333 g/mol. The lowest BCUT2D eigenvalue weighted by atomic mass is 10.2. The first-order chi connectivity index (χ1) is 11.0. The van der Waals surface area contributed by atoms with Gasteiger partial charge >= 0.3 is 0 Å². The van der Waals surface area contributed by atoms with Gasteiger partial charge in [-0.15, -0.1) is 10.2 Å². The maximum Gasteiger partial charge on any atom is 0.231 e. The second-order valence-corrected chi connectivity index (χ2v) is 5.47. The van der Waals surface area contributed by atoms with Crippen LogP contribution in [0.25, 0.3) is 10.6 Å². The second kappa shape index (κ2) is 6.09. The lowest BCUT2D eigenvalue weighted by Crippen LogP contribution is -1.88. The lowest BCUT2D eigenvalue weighted by Gasteiger charge is -1.98. The smallest absolute Gasteiger partial charge is 0.231 e. The van der Waals surface area contributed by atoms with Crippen LogP contribution in [-0.4, -0.2) is 26.6 Å². The van der Waals surface area contributed by atoms with E-state index in [0.717, 1.165) is 23.5 Å². The van der Waals surface area contributed by atoms with Gasteiger partial charge in [0.15, 0.2) is 11.5 Å². The highest BCUT2D eigenvalue weighted by Gasteiger charge is 2.09. The van der Waals surface area contributed by atoms with Crippen molar-refractivity contribution < 1.29 is 19.0 Å². The number of rotatable bonds is 3. The summed E-state index contributed by atoms with van der Waals surface area (Å²) in [7, 11) is 0. The quantitative estimate of drug-likeness (QED) is 0.566. The van der Waals surface area contributed by atoms with Gasteiger partial charge in [0.05, 0.1) is 0 Å². The number of phenols is 2. The summed E-state index contributed by atoms with van der Waals surface area (Å²) in [6.45, 7) is 0. The SMILES string of the molecule is Oc1ccc(-c2nnc(N=Cc3ccc(F)cc3F)s2)cc1O. The highest BCUT2D eigenvalue weighted by molar-refractivity contribution is 7.18. The first-order valence-electron chi connectivity index (χ1n) is 6.38. The molecule has 2 N–H and O–H groups in total. The van der Waals surface area contributed by atoms with Crippen molar-refractivity contribution in [1.29, 1.82) is 0 Å². The van der Waals surface area contributed by atoms with Crippen LogP contribution in [0, 0.1) is 11.6 Å². The Morgan fingerprint density at radius 1 is 1.00 bits per heavy atom. The van der Waals surface area contributed by atoms with Crippen LogP contribution in [0.2, 0.25) is 0 Å². The van der Waals surface area contributed by atoms with Crippen molar-refractivity contribution in [2.24, 2.45) is 4.99 Å². The van der Waals surface area contributed by atoms with Crippen LogP contribution in [0.4, 0.5) is 13.9 Å². The molecule has 0 fully saturated rings. The molecule has 0 unspecified atom stereocenters. The van der Waals surface area contributed by atoms with E-state index < -0.39 is 11.6 Å². The molecule has 1 heterocycles. The molecule has 0 saturated carbocycles. The summed E-state index contributed by atoms with van der Waals surface area (Å²) in [5, 5.41) is 27.3. The molecule has 8 heteroatoms. The van der Waals surface area contributed by atoms with E-state index >= 15 is 0 Å². The van der Waals surface area contributed by atoms with E-state index in [9.17, 15) is 19.0 Å². The number of benzene rings is 2. The summed E-state index contributed by atoms with van der Waals surface area (Å²) in [4.78, 5) is 4.00. The molecular formula is C15H9F2N3O2S. The van der Waals surface area contributed by atoms with Gasteiger partial charge in [-0.1, -0.05) is 11.3 Å². The van der Waals surface area contributed by atoms with Gasteiger partial charge in [-0.05, 0) is 30.3 Å². The minimum Gasteiger partial charge on any atom is -0.504 e. The molecule has 0 amide bonds. The Labute approximate surface area is 133 Å². The second-order valence-electron chi connectivity index (χ2n) is 4.52. The van der Waals surface area contributed by atoms with Crippen LogP contribution in [0.3, 0.4) is 0 Å². The van der Waals surface area contributed by atoms with Crippen molar-refractivity contribution in [2.75, 3.05) is 0 Å². The van der Waals surface area contributed by atoms with Crippen LogP contribution in [0.15, 0.2) is 41.4 Å². The van der Waals surface area contributed by atoms with Crippen LogP contribution in [0.5, 0.6) is 11.5 Å². The molecule has 23 heavy (non-hydrogen) atoms. The van der Waals surface area contributed by atoms with Crippen LogP contribution >= 0.6 is 11.3 Å². The third kappa shape index (κ3) is 3.32. The van der Waals surface area contributed by atoms with Crippen LogP contribution in [-0.2, 0) is 0 Å². The Morgan fingerprint density at radius 2 is 1.83 bits per heavy atom. The fourth-order valence-corrected chi connectivity index (χ4v) is 2.46. The number of aromatic hydroxyl groups is 2. The van der Waals surface area contributed by atoms with E-state index in [4.69, 9.17) is 0 Å². The van der Waals surface area contributed by atoms with Gasteiger partial charge in [0.25, 0.3) is 0 Å². The minimum atomic E-state index is -0.720. The van der Waals surface area contributed by atoms with Gasteiger partial charge in [-0.2, -0.15) is 0 Å². The van der Waals surface area contributed by atoms with Gasteiger partial charge < -0.3 is 10.2 Å². The molecule has 2 aromatic carbocycles. The fourth-order valence-electron chi connectivity index (χ4n) is 1.77. The van der Waals surface area contributed by atoms with Gasteiger partial charge in [-0.25, -0.2) is 13.8 Å². The molecule has 5 nitrogen and oxygen atoms in total. The zero-order valence-electron chi connectivity index (χ0n) is 11.4. The summed E-state index contributed by atoms with van der Waals surface area (Å²) >= 11 is 1.12. The Hall–Kier alpha value is -2.87. The minimum absolute atomic E-state index is 0.130. The van der Waals surface area contributed by atoms with E-state index in [1.807, 2.05) is 0 Å². The summed E-state index contributed by atoms with van der Waals surface area (Å²) < 4.78 is 26.3. The fraction of sp³-hybridized carbons (Fsp3) is 0. The number of hydrogen-bond acceptors (Lipinski definition) is 6. The molecule has 1 aromatic heterocycles. The van der Waals surface area contributed by atoms with Crippen molar-refractivity contribution in [1.82, 2.24) is 10.2 Å². The third-order valence-corrected chi connectivity index (χ3v) is 3.79. The number of hydrogen-bond donors (Lipinski definition) is 2. The van der Waals surface area contributed by atoms with Crippen molar-refractivity contribution in [3.05, 3.63) is 53.6 Å².